The molecule has 0 saturated carbocycles. The molecule has 2 heteroatoms. The second kappa shape index (κ2) is 4.59. The van der Waals surface area contributed by atoms with E-state index in [0.29, 0.717) is 0 Å². The van der Waals surface area contributed by atoms with E-state index in [1.165, 1.54) is 12.0 Å². The van der Waals surface area contributed by atoms with Gasteiger partial charge in [-0.15, -0.1) is 0 Å². The van der Waals surface area contributed by atoms with Crippen LogP contribution >= 0.6 is 0 Å². The minimum absolute atomic E-state index is 0. The van der Waals surface area contributed by atoms with Crippen molar-refractivity contribution in [3.05, 3.63) is 18.7 Å². The van der Waals surface area contributed by atoms with Gasteiger partial charge in [-0.2, -0.15) is 0 Å². The third-order valence-corrected chi connectivity index (χ3v) is 1.52. The fraction of sp³-hybridized carbons (Fsp3) is 0.571. The van der Waals surface area contributed by atoms with Crippen LogP contribution in [-0.4, -0.2) is 18.0 Å². The summed E-state index contributed by atoms with van der Waals surface area (Å²) in [5, 5.41) is 0. The van der Waals surface area contributed by atoms with Gasteiger partial charge in [0, 0.05) is 0 Å². The summed E-state index contributed by atoms with van der Waals surface area (Å²) in [6.07, 6.45) is 3.43. The Morgan fingerprint density at radius 2 is 2.33 bits per heavy atom. The Bertz CT molecular complexity index is 109. The molecule has 1 aliphatic rings. The quantitative estimate of drug-likeness (QED) is 0.421. The molecular formula is C7H12NY+2. The van der Waals surface area contributed by atoms with Crippen LogP contribution in [0.15, 0.2) is 11.6 Å². The van der Waals surface area contributed by atoms with E-state index in [4.69, 9.17) is 0 Å². The first kappa shape index (κ1) is 9.80. The fourth-order valence-electron chi connectivity index (χ4n) is 0.813. The maximum absolute atomic E-state index is 3.82. The summed E-state index contributed by atoms with van der Waals surface area (Å²) < 4.78 is 0. The Kier molecular flexibility index (Phi) is 5.00. The van der Waals surface area contributed by atoms with Crippen LogP contribution in [0.25, 0.3) is 0 Å². The van der Waals surface area contributed by atoms with Crippen molar-refractivity contribution in [3.8, 4) is 0 Å². The van der Waals surface area contributed by atoms with Crippen LogP contribution in [0, 0.1) is 7.05 Å². The van der Waals surface area contributed by atoms with Gasteiger partial charge in [-0.05, 0) is 26.4 Å². The fourth-order valence-corrected chi connectivity index (χ4v) is 0.813. The molecule has 1 rings (SSSR count). The molecule has 9 heavy (non-hydrogen) atoms. The first-order chi connectivity index (χ1) is 3.79. The van der Waals surface area contributed by atoms with Gasteiger partial charge in [0.2, 0.25) is 0 Å². The standard InChI is InChI=1S/C7H12N.Y/c1-7-3-5-8(2)6-4-7;/h3H,2,4-6H2,1H3;/q-1;+3. The predicted octanol–water partition coefficient (Wildman–Crippen LogP) is 1.43. The van der Waals surface area contributed by atoms with Crippen LogP contribution in [0.3, 0.4) is 0 Å². The molecule has 0 radical (unpaired) electrons. The Morgan fingerprint density at radius 1 is 1.67 bits per heavy atom. The molecule has 0 saturated heterocycles. The van der Waals surface area contributed by atoms with E-state index >= 15 is 0 Å². The third-order valence-electron chi connectivity index (χ3n) is 1.52. The van der Waals surface area contributed by atoms with Gasteiger partial charge in [0.05, 0.1) is 0 Å². The number of nitrogens with zero attached hydrogens (tertiary/aromatic N) is 1. The average molecular weight is 199 g/mol. The Hall–Kier alpha value is 0.804. The van der Waals surface area contributed by atoms with E-state index in [9.17, 15) is 0 Å². The largest absolute Gasteiger partial charge is 3.00 e. The van der Waals surface area contributed by atoms with Gasteiger partial charge in [-0.1, -0.05) is 11.6 Å². The molecule has 1 heterocycles. The molecule has 0 atom stereocenters. The zero-order valence-electron chi connectivity index (χ0n) is 5.93. The van der Waals surface area contributed by atoms with Crippen LogP contribution < -0.4 is 0 Å². The molecule has 0 aromatic carbocycles. The minimum atomic E-state index is 0. The van der Waals surface area contributed by atoms with Crippen molar-refractivity contribution in [1.82, 2.24) is 4.90 Å². The first-order valence-electron chi connectivity index (χ1n) is 3.00. The molecule has 0 amide bonds. The van der Waals surface area contributed by atoms with Crippen LogP contribution in [-0.2, 0) is 32.7 Å². The van der Waals surface area contributed by atoms with Crippen molar-refractivity contribution in [2.45, 2.75) is 13.3 Å². The number of hydrogen-bond acceptors (Lipinski definition) is 1. The molecule has 0 spiro atoms. The summed E-state index contributed by atoms with van der Waals surface area (Å²) >= 11 is 0. The van der Waals surface area contributed by atoms with Crippen molar-refractivity contribution in [1.29, 1.82) is 0 Å². The Labute approximate surface area is 82.4 Å². The summed E-state index contributed by atoms with van der Waals surface area (Å²) in [6, 6.07) is 0. The van der Waals surface area contributed by atoms with Crippen molar-refractivity contribution < 1.29 is 32.7 Å². The molecule has 1 aliphatic heterocycles. The topological polar surface area (TPSA) is 3.24 Å². The molecule has 0 aromatic rings. The van der Waals surface area contributed by atoms with Gasteiger partial charge >= 0.3 is 32.7 Å². The molecule has 0 bridgehead atoms. The van der Waals surface area contributed by atoms with Crippen molar-refractivity contribution >= 4 is 0 Å². The molecular weight excluding hydrogens is 187 g/mol. The predicted molar refractivity (Wildman–Crippen MR) is 35.3 cm³/mol. The summed E-state index contributed by atoms with van der Waals surface area (Å²) in [5.41, 5.74) is 1.50. The van der Waals surface area contributed by atoms with Gasteiger partial charge in [-0.25, -0.2) is 0 Å². The van der Waals surface area contributed by atoms with Crippen molar-refractivity contribution in [2.24, 2.45) is 0 Å². The van der Waals surface area contributed by atoms with Gasteiger partial charge < -0.3 is 4.90 Å². The average Bonchev–Trinajstić information content (AvgIpc) is 1.77. The van der Waals surface area contributed by atoms with E-state index in [-0.39, 0.29) is 32.7 Å². The van der Waals surface area contributed by atoms with E-state index in [2.05, 4.69) is 24.9 Å². The second-order valence-corrected chi connectivity index (χ2v) is 2.38. The van der Waals surface area contributed by atoms with Crippen LogP contribution in [0.4, 0.5) is 0 Å². The van der Waals surface area contributed by atoms with Gasteiger partial charge in [0.1, 0.15) is 0 Å². The van der Waals surface area contributed by atoms with E-state index < -0.39 is 0 Å². The van der Waals surface area contributed by atoms with Gasteiger partial charge in [0.15, 0.2) is 0 Å². The van der Waals surface area contributed by atoms with Crippen LogP contribution in [0.5, 0.6) is 0 Å². The number of rotatable bonds is 0. The summed E-state index contributed by atoms with van der Waals surface area (Å²) in [7, 11) is 3.82. The second-order valence-electron chi connectivity index (χ2n) is 2.38. The van der Waals surface area contributed by atoms with Crippen molar-refractivity contribution in [2.75, 3.05) is 13.1 Å². The third kappa shape index (κ3) is 3.49. The molecule has 0 unspecified atom stereocenters. The molecule has 0 aliphatic carbocycles. The maximum atomic E-state index is 3.82. The monoisotopic (exact) mass is 199 g/mol. The number of hydrogen-bond donors (Lipinski definition) is 0. The van der Waals surface area contributed by atoms with Crippen LogP contribution in [0.2, 0.25) is 0 Å². The van der Waals surface area contributed by atoms with Crippen LogP contribution in [0.1, 0.15) is 13.3 Å². The van der Waals surface area contributed by atoms with E-state index in [1.54, 1.807) is 0 Å². The van der Waals surface area contributed by atoms with Gasteiger partial charge in [0.25, 0.3) is 0 Å². The molecule has 0 N–H and O–H groups in total. The van der Waals surface area contributed by atoms with E-state index in [0.717, 1.165) is 13.1 Å². The summed E-state index contributed by atoms with van der Waals surface area (Å²) in [4.78, 5) is 2.08. The zero-order valence-corrected chi connectivity index (χ0v) is 8.77. The normalized spacial score (nSPS) is 20.4. The van der Waals surface area contributed by atoms with Crippen molar-refractivity contribution in [3.63, 3.8) is 0 Å². The van der Waals surface area contributed by atoms with Gasteiger partial charge in [-0.3, -0.25) is 7.05 Å². The maximum Gasteiger partial charge on any atom is 3.00 e. The molecule has 1 nitrogen and oxygen atoms in total. The first-order valence-corrected chi connectivity index (χ1v) is 3.00. The molecule has 0 fully saturated rings. The SMILES string of the molecule is [CH2-]N1CC=C(C)CC1.[Y+3]. The summed E-state index contributed by atoms with van der Waals surface area (Å²) in [6.45, 7) is 4.33. The minimum Gasteiger partial charge on any atom is -0.456 e. The Balaban J connectivity index is 0.000000640. The molecule has 46 valence electrons. The summed E-state index contributed by atoms with van der Waals surface area (Å²) in [5.74, 6) is 0. The zero-order chi connectivity index (χ0) is 5.98. The van der Waals surface area contributed by atoms with E-state index in [1.807, 2.05) is 0 Å². The molecule has 0 aromatic heterocycles. The Morgan fingerprint density at radius 3 is 2.67 bits per heavy atom. The smallest absolute Gasteiger partial charge is 0.456 e.